The number of carbonyl (C=O) groups excluding carboxylic acids is 1. The number of hydrogen-bond acceptors (Lipinski definition) is 3. The average Bonchev–Trinajstić information content (AvgIpc) is 2.98. The molecule has 3 aromatic rings. The zero-order valence-electron chi connectivity index (χ0n) is 10.0. The number of rotatable bonds is 2. The lowest BCUT2D eigenvalue weighted by Crippen LogP contribution is -2.12. The van der Waals surface area contributed by atoms with Gasteiger partial charge >= 0.3 is 0 Å². The van der Waals surface area contributed by atoms with Crippen LogP contribution in [0.15, 0.2) is 34.9 Å². The smallest absolute Gasteiger partial charge is 0.292 e. The number of H-pyrrole nitrogens is 1. The van der Waals surface area contributed by atoms with E-state index in [0.717, 1.165) is 10.9 Å². The van der Waals surface area contributed by atoms with Crippen molar-refractivity contribution in [2.24, 2.45) is 0 Å². The highest BCUT2D eigenvalue weighted by molar-refractivity contribution is 6.31. The Bertz CT molecular complexity index is 747. The number of benzene rings is 1. The van der Waals surface area contributed by atoms with E-state index in [4.69, 9.17) is 16.0 Å². The topological polar surface area (TPSA) is 70.9 Å². The standard InChI is InChI=1S/C13H10ClN3O2/c1-7-9-6-8(14)2-3-10(9)19-12(7)13(18)16-11-4-5-15-17-11/h2-6H,1H3,(H2,15,16,17,18). The first-order chi connectivity index (χ1) is 9.15. The van der Waals surface area contributed by atoms with Crippen LogP contribution in [0.5, 0.6) is 0 Å². The summed E-state index contributed by atoms with van der Waals surface area (Å²) in [6.07, 6.45) is 1.56. The molecule has 0 aliphatic rings. The van der Waals surface area contributed by atoms with Crippen LogP contribution in [0.1, 0.15) is 16.1 Å². The molecular weight excluding hydrogens is 266 g/mol. The Morgan fingerprint density at radius 1 is 1.42 bits per heavy atom. The molecule has 19 heavy (non-hydrogen) atoms. The second-order valence-corrected chi connectivity index (χ2v) is 4.56. The van der Waals surface area contributed by atoms with E-state index in [-0.39, 0.29) is 11.7 Å². The normalized spacial score (nSPS) is 10.8. The Morgan fingerprint density at radius 3 is 3.00 bits per heavy atom. The number of hydrogen-bond donors (Lipinski definition) is 2. The molecule has 0 unspecified atom stereocenters. The third-order valence-corrected chi connectivity index (χ3v) is 3.09. The first-order valence-electron chi connectivity index (χ1n) is 5.64. The highest BCUT2D eigenvalue weighted by atomic mass is 35.5. The lowest BCUT2D eigenvalue weighted by atomic mass is 10.1. The minimum absolute atomic E-state index is 0.270. The number of anilines is 1. The largest absolute Gasteiger partial charge is 0.451 e. The number of carbonyl (C=O) groups is 1. The summed E-state index contributed by atoms with van der Waals surface area (Å²) in [4.78, 5) is 12.1. The first-order valence-corrected chi connectivity index (χ1v) is 6.02. The van der Waals surface area contributed by atoms with Crippen LogP contribution in [0.2, 0.25) is 5.02 Å². The molecule has 1 aromatic carbocycles. The van der Waals surface area contributed by atoms with Crippen molar-refractivity contribution in [3.05, 3.63) is 46.8 Å². The summed E-state index contributed by atoms with van der Waals surface area (Å²) in [5.41, 5.74) is 1.39. The van der Waals surface area contributed by atoms with Crippen molar-refractivity contribution in [1.82, 2.24) is 10.2 Å². The summed E-state index contributed by atoms with van der Waals surface area (Å²) < 4.78 is 5.56. The van der Waals surface area contributed by atoms with Crippen LogP contribution in [0, 0.1) is 6.92 Å². The molecule has 5 nitrogen and oxygen atoms in total. The van der Waals surface area contributed by atoms with E-state index in [1.54, 1.807) is 30.5 Å². The molecule has 6 heteroatoms. The lowest BCUT2D eigenvalue weighted by molar-refractivity contribution is 0.0997. The molecule has 2 aromatic heterocycles. The van der Waals surface area contributed by atoms with Gasteiger partial charge in [0, 0.05) is 22.0 Å². The van der Waals surface area contributed by atoms with Gasteiger partial charge in [-0.15, -0.1) is 0 Å². The second-order valence-electron chi connectivity index (χ2n) is 4.12. The van der Waals surface area contributed by atoms with Gasteiger partial charge in [-0.05, 0) is 25.1 Å². The van der Waals surface area contributed by atoms with Gasteiger partial charge in [0.1, 0.15) is 11.4 Å². The van der Waals surface area contributed by atoms with Gasteiger partial charge in [-0.3, -0.25) is 9.89 Å². The first kappa shape index (κ1) is 11.8. The van der Waals surface area contributed by atoms with Crippen LogP contribution >= 0.6 is 11.6 Å². The number of aromatic nitrogens is 2. The molecule has 2 N–H and O–H groups in total. The van der Waals surface area contributed by atoms with Gasteiger partial charge in [-0.1, -0.05) is 11.6 Å². The van der Waals surface area contributed by atoms with Gasteiger partial charge in [-0.2, -0.15) is 5.10 Å². The van der Waals surface area contributed by atoms with Crippen LogP contribution in [-0.2, 0) is 0 Å². The fraction of sp³-hybridized carbons (Fsp3) is 0.0769. The molecule has 0 saturated heterocycles. The monoisotopic (exact) mass is 275 g/mol. The number of amides is 1. The molecule has 0 atom stereocenters. The number of fused-ring (bicyclic) bond motifs is 1. The van der Waals surface area contributed by atoms with Crippen LogP contribution in [-0.4, -0.2) is 16.1 Å². The number of nitrogens with one attached hydrogen (secondary N) is 2. The Balaban J connectivity index is 2.00. The fourth-order valence-corrected chi connectivity index (χ4v) is 2.09. The van der Waals surface area contributed by atoms with Crippen molar-refractivity contribution in [2.75, 3.05) is 5.32 Å². The van der Waals surface area contributed by atoms with Crippen molar-refractivity contribution in [2.45, 2.75) is 6.92 Å². The summed E-state index contributed by atoms with van der Waals surface area (Å²) in [6.45, 7) is 1.82. The molecule has 2 heterocycles. The van der Waals surface area contributed by atoms with E-state index in [1.807, 2.05) is 6.92 Å². The minimum Gasteiger partial charge on any atom is -0.451 e. The summed E-state index contributed by atoms with van der Waals surface area (Å²) in [6, 6.07) is 6.91. The number of halogens is 1. The molecule has 3 rings (SSSR count). The highest BCUT2D eigenvalue weighted by Crippen LogP contribution is 2.28. The molecule has 0 aliphatic heterocycles. The molecule has 0 bridgehead atoms. The van der Waals surface area contributed by atoms with E-state index < -0.39 is 0 Å². The van der Waals surface area contributed by atoms with E-state index in [0.29, 0.717) is 16.4 Å². The lowest BCUT2D eigenvalue weighted by Gasteiger charge is -1.99. The van der Waals surface area contributed by atoms with E-state index in [9.17, 15) is 4.79 Å². The predicted octanol–water partition coefficient (Wildman–Crippen LogP) is 3.37. The molecule has 0 spiro atoms. The van der Waals surface area contributed by atoms with Crippen molar-refractivity contribution in [3.8, 4) is 0 Å². The maximum Gasteiger partial charge on any atom is 0.292 e. The summed E-state index contributed by atoms with van der Waals surface area (Å²) in [5.74, 6) is 0.462. The fourth-order valence-electron chi connectivity index (χ4n) is 1.91. The molecule has 0 fully saturated rings. The highest BCUT2D eigenvalue weighted by Gasteiger charge is 2.18. The van der Waals surface area contributed by atoms with E-state index >= 15 is 0 Å². The van der Waals surface area contributed by atoms with Gasteiger partial charge in [0.05, 0.1) is 6.20 Å². The molecule has 0 radical (unpaired) electrons. The SMILES string of the molecule is Cc1c(C(=O)Nc2ccn[nH]2)oc2ccc(Cl)cc12. The molecule has 0 aliphatic carbocycles. The minimum atomic E-state index is -0.325. The van der Waals surface area contributed by atoms with E-state index in [1.165, 1.54) is 0 Å². The van der Waals surface area contributed by atoms with Crippen molar-refractivity contribution in [3.63, 3.8) is 0 Å². The maximum absolute atomic E-state index is 12.1. The zero-order valence-corrected chi connectivity index (χ0v) is 10.8. The molecular formula is C13H10ClN3O2. The van der Waals surface area contributed by atoms with Crippen molar-refractivity contribution in [1.29, 1.82) is 0 Å². The number of aryl methyl sites for hydroxylation is 1. The van der Waals surface area contributed by atoms with Crippen LogP contribution in [0.3, 0.4) is 0 Å². The van der Waals surface area contributed by atoms with Crippen LogP contribution < -0.4 is 5.32 Å². The Kier molecular flexibility index (Phi) is 2.76. The number of furan rings is 1. The molecule has 1 amide bonds. The average molecular weight is 276 g/mol. The molecule has 96 valence electrons. The third kappa shape index (κ3) is 2.08. The predicted molar refractivity (Wildman–Crippen MR) is 72.5 cm³/mol. The quantitative estimate of drug-likeness (QED) is 0.753. The Morgan fingerprint density at radius 2 is 2.26 bits per heavy atom. The van der Waals surface area contributed by atoms with Crippen LogP contribution in [0.25, 0.3) is 11.0 Å². The van der Waals surface area contributed by atoms with E-state index in [2.05, 4.69) is 15.5 Å². The maximum atomic E-state index is 12.1. The Hall–Kier alpha value is -2.27. The zero-order chi connectivity index (χ0) is 13.4. The van der Waals surface area contributed by atoms with Gasteiger partial charge in [0.25, 0.3) is 5.91 Å². The number of nitrogens with zero attached hydrogens (tertiary/aromatic N) is 1. The van der Waals surface area contributed by atoms with Crippen molar-refractivity contribution >= 4 is 34.3 Å². The molecule has 0 saturated carbocycles. The summed E-state index contributed by atoms with van der Waals surface area (Å²) in [5, 5.41) is 10.5. The van der Waals surface area contributed by atoms with Gasteiger partial charge in [0.15, 0.2) is 5.76 Å². The second kappa shape index (κ2) is 4.44. The van der Waals surface area contributed by atoms with Gasteiger partial charge < -0.3 is 9.73 Å². The van der Waals surface area contributed by atoms with Crippen molar-refractivity contribution < 1.29 is 9.21 Å². The summed E-state index contributed by atoms with van der Waals surface area (Å²) >= 11 is 5.94. The third-order valence-electron chi connectivity index (χ3n) is 2.85. The Labute approximate surface area is 113 Å². The van der Waals surface area contributed by atoms with Gasteiger partial charge in [0.2, 0.25) is 0 Å². The number of aromatic amines is 1. The summed E-state index contributed by atoms with van der Waals surface area (Å²) in [7, 11) is 0. The van der Waals surface area contributed by atoms with Crippen LogP contribution in [0.4, 0.5) is 5.82 Å². The van der Waals surface area contributed by atoms with Gasteiger partial charge in [-0.25, -0.2) is 0 Å².